The predicted octanol–water partition coefficient (Wildman–Crippen LogP) is 1.31. The Hall–Kier alpha value is -1.64. The van der Waals surface area contributed by atoms with Crippen molar-refractivity contribution < 1.29 is 8.42 Å². The SMILES string of the molecule is CCN(CC)S(=O)(=O)c1ccc(=O)n(Cc2ncc(Cl)n2C)c1. The zero-order valence-electron chi connectivity index (χ0n) is 13.2. The van der Waals surface area contributed by atoms with Crippen molar-refractivity contribution in [2.45, 2.75) is 25.3 Å². The smallest absolute Gasteiger partial charge is 0.251 e. The zero-order valence-corrected chi connectivity index (χ0v) is 14.8. The van der Waals surface area contributed by atoms with Gasteiger partial charge in [0.2, 0.25) is 10.0 Å². The Balaban J connectivity index is 2.44. The van der Waals surface area contributed by atoms with E-state index in [4.69, 9.17) is 11.6 Å². The van der Waals surface area contributed by atoms with Crippen LogP contribution in [-0.4, -0.2) is 39.9 Å². The quantitative estimate of drug-likeness (QED) is 0.780. The van der Waals surface area contributed by atoms with E-state index in [0.29, 0.717) is 24.1 Å². The third-order valence-corrected chi connectivity index (χ3v) is 6.02. The van der Waals surface area contributed by atoms with E-state index in [9.17, 15) is 13.2 Å². The topological polar surface area (TPSA) is 77.2 Å². The molecule has 0 aliphatic carbocycles. The van der Waals surface area contributed by atoms with Gasteiger partial charge in [-0.25, -0.2) is 13.4 Å². The molecule has 0 fully saturated rings. The van der Waals surface area contributed by atoms with Crippen molar-refractivity contribution in [3.05, 3.63) is 45.9 Å². The lowest BCUT2D eigenvalue weighted by Gasteiger charge is -2.19. The maximum absolute atomic E-state index is 12.6. The highest BCUT2D eigenvalue weighted by Gasteiger charge is 2.22. The average molecular weight is 359 g/mol. The Bertz CT molecular complexity index is 853. The summed E-state index contributed by atoms with van der Waals surface area (Å²) < 4.78 is 29.4. The van der Waals surface area contributed by atoms with Crippen molar-refractivity contribution in [2.75, 3.05) is 13.1 Å². The van der Waals surface area contributed by atoms with E-state index in [2.05, 4.69) is 4.98 Å². The van der Waals surface area contributed by atoms with Crippen molar-refractivity contribution in [2.24, 2.45) is 7.05 Å². The van der Waals surface area contributed by atoms with Crippen molar-refractivity contribution in [1.82, 2.24) is 18.4 Å². The minimum absolute atomic E-state index is 0.0844. The molecular formula is C14H19ClN4O3S. The van der Waals surface area contributed by atoms with Gasteiger partial charge >= 0.3 is 0 Å². The summed E-state index contributed by atoms with van der Waals surface area (Å²) in [7, 11) is -1.89. The first-order chi connectivity index (χ1) is 10.8. The molecule has 0 amide bonds. The van der Waals surface area contributed by atoms with Gasteiger partial charge < -0.3 is 9.13 Å². The number of hydrogen-bond acceptors (Lipinski definition) is 4. The molecule has 2 aromatic rings. The fourth-order valence-electron chi connectivity index (χ4n) is 2.22. The Morgan fingerprint density at radius 1 is 1.26 bits per heavy atom. The minimum atomic E-state index is -3.62. The van der Waals surface area contributed by atoms with Gasteiger partial charge in [0.1, 0.15) is 11.0 Å². The minimum Gasteiger partial charge on any atom is -0.321 e. The van der Waals surface area contributed by atoms with E-state index in [1.165, 1.54) is 33.4 Å². The Labute approximate surface area is 140 Å². The summed E-state index contributed by atoms with van der Waals surface area (Å²) in [4.78, 5) is 16.2. The third-order valence-electron chi connectivity index (χ3n) is 3.64. The molecule has 23 heavy (non-hydrogen) atoms. The number of sulfonamides is 1. The molecule has 0 radical (unpaired) electrons. The molecule has 7 nitrogen and oxygen atoms in total. The first-order valence-corrected chi connectivity index (χ1v) is 8.99. The number of hydrogen-bond donors (Lipinski definition) is 0. The van der Waals surface area contributed by atoms with Gasteiger partial charge in [-0.15, -0.1) is 0 Å². The van der Waals surface area contributed by atoms with Crippen LogP contribution in [0.5, 0.6) is 0 Å². The normalized spacial score (nSPS) is 12.0. The summed E-state index contributed by atoms with van der Waals surface area (Å²) in [5, 5.41) is 0.444. The number of imidazole rings is 1. The fourth-order valence-corrected chi connectivity index (χ4v) is 3.85. The molecule has 0 aliphatic rings. The van der Waals surface area contributed by atoms with Crippen LogP contribution in [0.4, 0.5) is 0 Å². The number of rotatable bonds is 6. The molecule has 0 N–H and O–H groups in total. The predicted molar refractivity (Wildman–Crippen MR) is 88.1 cm³/mol. The van der Waals surface area contributed by atoms with Crippen LogP contribution in [0.2, 0.25) is 5.15 Å². The lowest BCUT2D eigenvalue weighted by molar-refractivity contribution is 0.444. The highest BCUT2D eigenvalue weighted by atomic mass is 35.5. The number of nitrogens with zero attached hydrogens (tertiary/aromatic N) is 4. The Morgan fingerprint density at radius 3 is 2.43 bits per heavy atom. The summed E-state index contributed by atoms with van der Waals surface area (Å²) in [5.74, 6) is 0.564. The molecule has 0 saturated heterocycles. The molecule has 2 rings (SSSR count). The van der Waals surface area contributed by atoms with Crippen molar-refractivity contribution in [3.8, 4) is 0 Å². The maximum Gasteiger partial charge on any atom is 0.251 e. The van der Waals surface area contributed by atoms with E-state index in [-0.39, 0.29) is 17.0 Å². The summed E-state index contributed by atoms with van der Waals surface area (Å²) in [5.41, 5.74) is -0.303. The lowest BCUT2D eigenvalue weighted by atomic mass is 10.4. The fraction of sp³-hybridized carbons (Fsp3) is 0.429. The van der Waals surface area contributed by atoms with Gasteiger partial charge in [-0.2, -0.15) is 4.31 Å². The van der Waals surface area contributed by atoms with Crippen LogP contribution in [0.1, 0.15) is 19.7 Å². The van der Waals surface area contributed by atoms with Gasteiger partial charge in [0.25, 0.3) is 5.56 Å². The van der Waals surface area contributed by atoms with Crippen LogP contribution >= 0.6 is 11.6 Å². The summed E-state index contributed by atoms with van der Waals surface area (Å²) in [6, 6.07) is 2.58. The molecular weight excluding hydrogens is 340 g/mol. The van der Waals surface area contributed by atoms with Crippen LogP contribution in [0, 0.1) is 0 Å². The molecule has 9 heteroatoms. The molecule has 0 spiro atoms. The van der Waals surface area contributed by atoms with E-state index in [0.717, 1.165) is 0 Å². The molecule has 0 unspecified atom stereocenters. The van der Waals surface area contributed by atoms with Crippen LogP contribution in [0.15, 0.2) is 34.2 Å². The second-order valence-corrected chi connectivity index (χ2v) is 7.30. The second-order valence-electron chi connectivity index (χ2n) is 4.98. The Kier molecular flexibility index (Phi) is 5.28. The summed E-state index contributed by atoms with van der Waals surface area (Å²) in [6.45, 7) is 4.42. The van der Waals surface area contributed by atoms with E-state index < -0.39 is 10.0 Å². The van der Waals surface area contributed by atoms with Crippen molar-refractivity contribution >= 4 is 21.6 Å². The first kappa shape index (κ1) is 17.7. The summed E-state index contributed by atoms with van der Waals surface area (Å²) >= 11 is 5.93. The first-order valence-electron chi connectivity index (χ1n) is 7.18. The largest absolute Gasteiger partial charge is 0.321 e. The molecule has 0 aromatic carbocycles. The van der Waals surface area contributed by atoms with Gasteiger partial charge in [-0.1, -0.05) is 25.4 Å². The standard InChI is InChI=1S/C14H19ClN4O3S/c1-4-19(5-2)23(21,22)11-6-7-14(20)18(9-11)10-13-16-8-12(15)17(13)3/h6-9H,4-5,10H2,1-3H3. The maximum atomic E-state index is 12.6. The zero-order chi connectivity index (χ0) is 17.2. The molecule has 126 valence electrons. The molecule has 0 atom stereocenters. The number of aromatic nitrogens is 3. The van der Waals surface area contributed by atoms with Crippen LogP contribution in [-0.2, 0) is 23.6 Å². The molecule has 0 saturated carbocycles. The van der Waals surface area contributed by atoms with Crippen LogP contribution in [0.25, 0.3) is 0 Å². The summed E-state index contributed by atoms with van der Waals surface area (Å²) in [6.07, 6.45) is 2.83. The van der Waals surface area contributed by atoms with E-state index in [1.807, 2.05) is 0 Å². The second kappa shape index (κ2) is 6.86. The van der Waals surface area contributed by atoms with E-state index in [1.54, 1.807) is 25.5 Å². The number of pyridine rings is 1. The Morgan fingerprint density at radius 2 is 1.91 bits per heavy atom. The molecule has 2 aromatic heterocycles. The van der Waals surface area contributed by atoms with Gasteiger partial charge in [0.05, 0.1) is 17.6 Å². The van der Waals surface area contributed by atoms with E-state index >= 15 is 0 Å². The highest BCUT2D eigenvalue weighted by Crippen LogP contribution is 2.15. The molecule has 2 heterocycles. The third kappa shape index (κ3) is 3.49. The molecule has 0 aliphatic heterocycles. The van der Waals surface area contributed by atoms with Gasteiger partial charge in [0.15, 0.2) is 0 Å². The van der Waals surface area contributed by atoms with Crippen LogP contribution in [0.3, 0.4) is 0 Å². The van der Waals surface area contributed by atoms with Gasteiger partial charge in [0, 0.05) is 32.4 Å². The number of halogens is 1. The molecule has 0 bridgehead atoms. The van der Waals surface area contributed by atoms with Crippen LogP contribution < -0.4 is 5.56 Å². The average Bonchev–Trinajstić information content (AvgIpc) is 2.82. The van der Waals surface area contributed by atoms with Crippen molar-refractivity contribution in [1.29, 1.82) is 0 Å². The lowest BCUT2D eigenvalue weighted by Crippen LogP contribution is -2.32. The highest BCUT2D eigenvalue weighted by molar-refractivity contribution is 7.89. The van der Waals surface area contributed by atoms with Gasteiger partial charge in [-0.05, 0) is 6.07 Å². The monoisotopic (exact) mass is 358 g/mol. The van der Waals surface area contributed by atoms with Crippen molar-refractivity contribution in [3.63, 3.8) is 0 Å². The van der Waals surface area contributed by atoms with Gasteiger partial charge in [-0.3, -0.25) is 4.79 Å².